The Hall–Kier alpha value is -2.15. The van der Waals surface area contributed by atoms with E-state index in [4.69, 9.17) is 11.6 Å². The van der Waals surface area contributed by atoms with E-state index in [1.165, 1.54) is 19.2 Å². The quantitative estimate of drug-likeness (QED) is 0.374. The molecule has 1 aromatic carbocycles. The van der Waals surface area contributed by atoms with Crippen molar-refractivity contribution >= 4 is 29.2 Å². The van der Waals surface area contributed by atoms with Crippen LogP contribution >= 0.6 is 11.6 Å². The van der Waals surface area contributed by atoms with Crippen LogP contribution in [0.25, 0.3) is 0 Å². The smallest absolute Gasteiger partial charge is 0.305 e. The average Bonchev–Trinajstić information content (AvgIpc) is 2.43. The fourth-order valence-electron chi connectivity index (χ4n) is 1.43. The highest BCUT2D eigenvalue weighted by molar-refractivity contribution is 6.32. The predicted octanol–water partition coefficient (Wildman–Crippen LogP) is 1.93. The molecule has 1 rings (SSSR count). The second-order valence-corrected chi connectivity index (χ2v) is 4.27. The van der Waals surface area contributed by atoms with Crippen molar-refractivity contribution in [2.75, 3.05) is 13.7 Å². The van der Waals surface area contributed by atoms with Crippen molar-refractivity contribution in [2.45, 2.75) is 12.8 Å². The lowest BCUT2D eigenvalue weighted by atomic mass is 10.2. The first kappa shape index (κ1) is 15.9. The molecule has 0 saturated heterocycles. The first-order chi connectivity index (χ1) is 9.45. The first-order valence-corrected chi connectivity index (χ1v) is 6.12. The number of carbonyl (C=O) groups excluding carboxylic acids is 2. The summed E-state index contributed by atoms with van der Waals surface area (Å²) in [6, 6.07) is 3.80. The summed E-state index contributed by atoms with van der Waals surface area (Å²) in [6.07, 6.45) is 0.617. The van der Waals surface area contributed by atoms with Crippen molar-refractivity contribution in [2.24, 2.45) is 0 Å². The van der Waals surface area contributed by atoms with Gasteiger partial charge in [-0.1, -0.05) is 11.6 Å². The second-order valence-electron chi connectivity index (χ2n) is 3.86. The molecule has 1 amide bonds. The summed E-state index contributed by atoms with van der Waals surface area (Å²) in [5, 5.41) is 13.2. The molecule has 1 N–H and O–H groups in total. The summed E-state index contributed by atoms with van der Waals surface area (Å²) >= 11 is 5.65. The highest BCUT2D eigenvalue weighted by atomic mass is 35.5. The van der Waals surface area contributed by atoms with E-state index in [9.17, 15) is 19.7 Å². The maximum absolute atomic E-state index is 11.8. The summed E-state index contributed by atoms with van der Waals surface area (Å²) in [5.74, 6) is -0.823. The molecule has 0 radical (unpaired) electrons. The third-order valence-corrected chi connectivity index (χ3v) is 2.80. The van der Waals surface area contributed by atoms with Gasteiger partial charge in [0.2, 0.25) is 0 Å². The summed E-state index contributed by atoms with van der Waals surface area (Å²) in [6.45, 7) is 0.268. The molecule has 0 bridgehead atoms. The van der Waals surface area contributed by atoms with Gasteiger partial charge in [-0.15, -0.1) is 0 Å². The number of carbonyl (C=O) groups is 2. The molecule has 8 heteroatoms. The van der Waals surface area contributed by atoms with Gasteiger partial charge in [-0.3, -0.25) is 19.7 Å². The largest absolute Gasteiger partial charge is 0.469 e. The molecule has 1 aromatic rings. The monoisotopic (exact) mass is 300 g/mol. The Morgan fingerprint density at radius 2 is 2.15 bits per heavy atom. The van der Waals surface area contributed by atoms with Crippen LogP contribution in [0.15, 0.2) is 18.2 Å². The van der Waals surface area contributed by atoms with Gasteiger partial charge in [-0.25, -0.2) is 0 Å². The van der Waals surface area contributed by atoms with Gasteiger partial charge in [0.1, 0.15) is 5.02 Å². The molecule has 0 unspecified atom stereocenters. The number of nitro benzene ring substituents is 1. The third-order valence-electron chi connectivity index (χ3n) is 2.48. The van der Waals surface area contributed by atoms with Crippen LogP contribution in [-0.4, -0.2) is 30.5 Å². The fourth-order valence-corrected chi connectivity index (χ4v) is 1.62. The van der Waals surface area contributed by atoms with E-state index in [1.54, 1.807) is 0 Å². The molecule has 0 atom stereocenters. The number of hydrogen-bond donors (Lipinski definition) is 1. The normalized spacial score (nSPS) is 9.90. The molecule has 0 aliphatic carbocycles. The number of nitro groups is 1. The maximum Gasteiger partial charge on any atom is 0.305 e. The topological polar surface area (TPSA) is 98.5 Å². The highest BCUT2D eigenvalue weighted by Gasteiger charge is 2.16. The van der Waals surface area contributed by atoms with Crippen molar-refractivity contribution in [1.82, 2.24) is 5.32 Å². The first-order valence-electron chi connectivity index (χ1n) is 5.74. The van der Waals surface area contributed by atoms with E-state index in [-0.39, 0.29) is 35.2 Å². The number of rotatable bonds is 6. The van der Waals surface area contributed by atoms with E-state index in [1.807, 2.05) is 0 Å². The predicted molar refractivity (Wildman–Crippen MR) is 71.7 cm³/mol. The molecule has 7 nitrogen and oxygen atoms in total. The van der Waals surface area contributed by atoms with Gasteiger partial charge in [0.15, 0.2) is 0 Å². The average molecular weight is 301 g/mol. The van der Waals surface area contributed by atoms with Gasteiger partial charge in [-0.2, -0.15) is 0 Å². The molecule has 0 heterocycles. The molecule has 0 saturated carbocycles. The van der Waals surface area contributed by atoms with Gasteiger partial charge in [-0.05, 0) is 18.6 Å². The Morgan fingerprint density at radius 3 is 2.75 bits per heavy atom. The SMILES string of the molecule is COC(=O)CCCNC(=O)c1ccc(Cl)c([N+](=O)[O-])c1. The van der Waals surface area contributed by atoms with Crippen molar-refractivity contribution in [3.8, 4) is 0 Å². The fraction of sp³-hybridized carbons (Fsp3) is 0.333. The molecule has 0 fully saturated rings. The van der Waals surface area contributed by atoms with Gasteiger partial charge >= 0.3 is 5.97 Å². The van der Waals surface area contributed by atoms with Crippen molar-refractivity contribution in [1.29, 1.82) is 0 Å². The number of esters is 1. The third kappa shape index (κ3) is 4.51. The van der Waals surface area contributed by atoms with Gasteiger partial charge in [0, 0.05) is 24.6 Å². The Labute approximate surface area is 120 Å². The molecule has 108 valence electrons. The Balaban J connectivity index is 2.58. The minimum absolute atomic E-state index is 0.0303. The van der Waals surface area contributed by atoms with Crippen LogP contribution in [0.4, 0.5) is 5.69 Å². The lowest BCUT2D eigenvalue weighted by molar-refractivity contribution is -0.384. The van der Waals surface area contributed by atoms with Crippen LogP contribution in [0.5, 0.6) is 0 Å². The summed E-state index contributed by atoms with van der Waals surface area (Å²) in [4.78, 5) is 32.7. The molecular weight excluding hydrogens is 288 g/mol. The number of hydrogen-bond acceptors (Lipinski definition) is 5. The summed E-state index contributed by atoms with van der Waals surface area (Å²) in [7, 11) is 1.29. The molecule has 0 aromatic heterocycles. The Kier molecular flexibility index (Phi) is 5.92. The molecule has 0 aliphatic rings. The van der Waals surface area contributed by atoms with Crippen LogP contribution in [0.2, 0.25) is 5.02 Å². The minimum atomic E-state index is -0.656. The molecule has 0 aliphatic heterocycles. The second kappa shape index (κ2) is 7.44. The van der Waals surface area contributed by atoms with E-state index in [2.05, 4.69) is 10.1 Å². The van der Waals surface area contributed by atoms with Crippen LogP contribution < -0.4 is 5.32 Å². The maximum atomic E-state index is 11.8. The van der Waals surface area contributed by atoms with Crippen LogP contribution in [0, 0.1) is 10.1 Å². The molecule has 20 heavy (non-hydrogen) atoms. The Morgan fingerprint density at radius 1 is 1.45 bits per heavy atom. The zero-order valence-corrected chi connectivity index (χ0v) is 11.5. The zero-order chi connectivity index (χ0) is 15.1. The number of ether oxygens (including phenoxy) is 1. The van der Waals surface area contributed by atoms with Crippen molar-refractivity contribution in [3.63, 3.8) is 0 Å². The van der Waals surface area contributed by atoms with E-state index >= 15 is 0 Å². The summed E-state index contributed by atoms with van der Waals surface area (Å²) in [5.41, 5.74) is -0.187. The Bertz CT molecular complexity index is 533. The van der Waals surface area contributed by atoms with Gasteiger partial charge in [0.25, 0.3) is 11.6 Å². The number of nitrogens with zero attached hydrogens (tertiary/aromatic N) is 1. The molecular formula is C12H13ClN2O5. The van der Waals surface area contributed by atoms with Gasteiger partial charge in [0.05, 0.1) is 12.0 Å². The lowest BCUT2D eigenvalue weighted by Gasteiger charge is -2.05. The number of benzene rings is 1. The van der Waals surface area contributed by atoms with E-state index in [0.29, 0.717) is 6.42 Å². The standard InChI is InChI=1S/C12H13ClN2O5/c1-20-11(16)3-2-6-14-12(17)8-4-5-9(13)10(7-8)15(18)19/h4-5,7H,2-3,6H2,1H3,(H,14,17). The van der Waals surface area contributed by atoms with E-state index in [0.717, 1.165) is 6.07 Å². The van der Waals surface area contributed by atoms with Crippen molar-refractivity contribution in [3.05, 3.63) is 38.9 Å². The highest BCUT2D eigenvalue weighted by Crippen LogP contribution is 2.24. The zero-order valence-electron chi connectivity index (χ0n) is 10.7. The molecule has 0 spiro atoms. The minimum Gasteiger partial charge on any atom is -0.469 e. The van der Waals surface area contributed by atoms with Crippen molar-refractivity contribution < 1.29 is 19.2 Å². The van der Waals surface area contributed by atoms with Gasteiger partial charge < -0.3 is 10.1 Å². The number of nitrogens with one attached hydrogen (secondary N) is 1. The van der Waals surface area contributed by atoms with E-state index < -0.39 is 10.8 Å². The number of amides is 1. The summed E-state index contributed by atoms with van der Waals surface area (Å²) < 4.78 is 4.46. The lowest BCUT2D eigenvalue weighted by Crippen LogP contribution is -2.25. The van der Waals surface area contributed by atoms with Crippen LogP contribution in [0.1, 0.15) is 23.2 Å². The van der Waals surface area contributed by atoms with Crippen LogP contribution in [-0.2, 0) is 9.53 Å². The number of methoxy groups -OCH3 is 1. The van der Waals surface area contributed by atoms with Crippen LogP contribution in [0.3, 0.4) is 0 Å². The number of halogens is 1.